The number of nitrogens with zero attached hydrogens (tertiary/aromatic N) is 1. The van der Waals surface area contributed by atoms with Crippen LogP contribution in [-0.4, -0.2) is 51.0 Å². The normalized spacial score (nSPS) is 21.2. The Bertz CT molecular complexity index is 1100. The Labute approximate surface area is 197 Å². The zero-order valence-corrected chi connectivity index (χ0v) is 19.6. The lowest BCUT2D eigenvalue weighted by Gasteiger charge is -2.32. The van der Waals surface area contributed by atoms with Gasteiger partial charge in [-0.15, -0.1) is 0 Å². The number of hydrogen-bond acceptors (Lipinski definition) is 5. The molecule has 2 aliphatic heterocycles. The fraction of sp³-hybridized carbons (Fsp3) is 0.409. The van der Waals surface area contributed by atoms with E-state index in [1.807, 2.05) is 24.3 Å². The van der Waals surface area contributed by atoms with Gasteiger partial charge in [-0.05, 0) is 42.7 Å². The number of fused-ring (bicyclic) bond motifs is 1. The number of halogens is 2. The van der Waals surface area contributed by atoms with Crippen molar-refractivity contribution in [1.29, 1.82) is 0 Å². The smallest absolute Gasteiger partial charge is 0.224 e. The van der Waals surface area contributed by atoms with Crippen molar-refractivity contribution in [3.8, 4) is 11.5 Å². The van der Waals surface area contributed by atoms with Gasteiger partial charge in [-0.3, -0.25) is 4.79 Å². The maximum Gasteiger partial charge on any atom is 0.224 e. The molecular formula is C22H24Cl2N2O5S. The third-order valence-electron chi connectivity index (χ3n) is 5.55. The summed E-state index contributed by atoms with van der Waals surface area (Å²) in [6, 6.07) is 12.2. The van der Waals surface area contributed by atoms with E-state index in [9.17, 15) is 13.2 Å². The number of sulfonamides is 1. The number of rotatable bonds is 6. The molecule has 1 saturated heterocycles. The number of carbonyl (C=O) groups excluding carboxylic acids is 1. The summed E-state index contributed by atoms with van der Waals surface area (Å²) in [5, 5.41) is 3.58. The molecule has 4 rings (SSSR count). The van der Waals surface area contributed by atoms with Crippen molar-refractivity contribution in [1.82, 2.24) is 9.62 Å². The largest absolute Gasteiger partial charge is 0.486 e. The van der Waals surface area contributed by atoms with E-state index in [2.05, 4.69) is 5.32 Å². The van der Waals surface area contributed by atoms with E-state index in [0.717, 1.165) is 0 Å². The molecule has 1 N–H and O–H groups in total. The maximum atomic E-state index is 12.9. The van der Waals surface area contributed by atoms with E-state index in [1.54, 1.807) is 18.2 Å². The van der Waals surface area contributed by atoms with Crippen molar-refractivity contribution in [2.45, 2.75) is 24.7 Å². The van der Waals surface area contributed by atoms with E-state index >= 15 is 0 Å². The lowest BCUT2D eigenvalue weighted by molar-refractivity contribution is -0.126. The molecule has 0 bridgehead atoms. The molecule has 0 aromatic heterocycles. The van der Waals surface area contributed by atoms with Crippen molar-refractivity contribution < 1.29 is 22.7 Å². The van der Waals surface area contributed by atoms with Crippen LogP contribution in [0.1, 0.15) is 18.4 Å². The lowest BCUT2D eigenvalue weighted by Crippen LogP contribution is -2.48. The van der Waals surface area contributed by atoms with Crippen molar-refractivity contribution >= 4 is 39.1 Å². The minimum Gasteiger partial charge on any atom is -0.486 e. The highest BCUT2D eigenvalue weighted by Gasteiger charge is 2.33. The summed E-state index contributed by atoms with van der Waals surface area (Å²) in [6.45, 7) is 1.18. The van der Waals surface area contributed by atoms with E-state index in [1.165, 1.54) is 4.31 Å². The van der Waals surface area contributed by atoms with Crippen LogP contribution < -0.4 is 14.8 Å². The van der Waals surface area contributed by atoms with E-state index in [4.69, 9.17) is 32.7 Å². The molecule has 2 atom stereocenters. The van der Waals surface area contributed by atoms with Gasteiger partial charge in [0.2, 0.25) is 15.9 Å². The number of carbonyl (C=O) groups is 1. The zero-order valence-electron chi connectivity index (χ0n) is 17.3. The van der Waals surface area contributed by atoms with Crippen LogP contribution in [0.3, 0.4) is 0 Å². The second-order valence-electron chi connectivity index (χ2n) is 7.94. The van der Waals surface area contributed by atoms with E-state index in [-0.39, 0.29) is 24.3 Å². The Hall–Kier alpha value is -2.00. The van der Waals surface area contributed by atoms with Crippen LogP contribution in [0, 0.1) is 5.92 Å². The first-order valence-electron chi connectivity index (χ1n) is 10.4. The minimum atomic E-state index is -3.59. The topological polar surface area (TPSA) is 84.9 Å². The van der Waals surface area contributed by atoms with E-state index < -0.39 is 15.9 Å². The lowest BCUT2D eigenvalue weighted by atomic mass is 9.99. The van der Waals surface area contributed by atoms with Gasteiger partial charge in [-0.1, -0.05) is 41.4 Å². The second-order valence-corrected chi connectivity index (χ2v) is 10.7. The fourth-order valence-corrected chi connectivity index (χ4v) is 5.78. The average Bonchev–Trinajstić information content (AvgIpc) is 2.79. The highest BCUT2D eigenvalue weighted by Crippen LogP contribution is 2.31. The number of para-hydroxylation sites is 2. The molecule has 10 heteroatoms. The SMILES string of the molecule is O=C(NC[C@H]1COc2ccccc2O1)[C@@H]1CCCN(S(=O)(=O)Cc2ccc(Cl)c(Cl)c2)C1. The molecule has 0 spiro atoms. The Morgan fingerprint density at radius 3 is 2.69 bits per heavy atom. The van der Waals surface area contributed by atoms with Crippen molar-refractivity contribution in [3.05, 3.63) is 58.1 Å². The Morgan fingerprint density at radius 2 is 1.91 bits per heavy atom. The van der Waals surface area contributed by atoms with Gasteiger partial charge in [0.15, 0.2) is 11.5 Å². The van der Waals surface area contributed by atoms with Crippen LogP contribution in [0.15, 0.2) is 42.5 Å². The molecule has 2 aromatic carbocycles. The van der Waals surface area contributed by atoms with E-state index in [0.29, 0.717) is 59.6 Å². The van der Waals surface area contributed by atoms with Crippen molar-refractivity contribution in [3.63, 3.8) is 0 Å². The molecule has 0 saturated carbocycles. The summed E-state index contributed by atoms with van der Waals surface area (Å²) in [5.41, 5.74) is 0.556. The molecule has 2 aliphatic rings. The molecule has 7 nitrogen and oxygen atoms in total. The highest BCUT2D eigenvalue weighted by atomic mass is 35.5. The predicted molar refractivity (Wildman–Crippen MR) is 123 cm³/mol. The summed E-state index contributed by atoms with van der Waals surface area (Å²) >= 11 is 11.9. The molecule has 0 unspecified atom stereocenters. The Kier molecular flexibility index (Phi) is 7.14. The highest BCUT2D eigenvalue weighted by molar-refractivity contribution is 7.88. The first-order chi connectivity index (χ1) is 15.3. The fourth-order valence-electron chi connectivity index (χ4n) is 3.86. The van der Waals surface area contributed by atoms with Gasteiger partial charge in [0.05, 0.1) is 28.3 Å². The number of ether oxygens (including phenoxy) is 2. The maximum absolute atomic E-state index is 12.9. The van der Waals surface area contributed by atoms with Crippen molar-refractivity contribution in [2.24, 2.45) is 5.92 Å². The summed E-state index contributed by atoms with van der Waals surface area (Å²) < 4.78 is 38.8. The first-order valence-corrected chi connectivity index (χ1v) is 12.8. The van der Waals surface area contributed by atoms with Crippen LogP contribution >= 0.6 is 23.2 Å². The second kappa shape index (κ2) is 9.87. The van der Waals surface area contributed by atoms with Gasteiger partial charge in [0.1, 0.15) is 12.7 Å². The summed E-state index contributed by atoms with van der Waals surface area (Å²) in [5.74, 6) is 0.552. The monoisotopic (exact) mass is 498 g/mol. The Balaban J connectivity index is 1.32. The van der Waals surface area contributed by atoms with Gasteiger partial charge in [-0.2, -0.15) is 0 Å². The molecule has 32 heavy (non-hydrogen) atoms. The molecular weight excluding hydrogens is 475 g/mol. The van der Waals surface area contributed by atoms with Crippen molar-refractivity contribution in [2.75, 3.05) is 26.2 Å². The number of hydrogen-bond donors (Lipinski definition) is 1. The Morgan fingerprint density at radius 1 is 1.12 bits per heavy atom. The van der Waals surface area contributed by atoms with Crippen LogP contribution in [0.4, 0.5) is 0 Å². The van der Waals surface area contributed by atoms with Gasteiger partial charge in [0, 0.05) is 13.1 Å². The molecule has 1 fully saturated rings. The van der Waals surface area contributed by atoms with Crippen LogP contribution in [0.25, 0.3) is 0 Å². The van der Waals surface area contributed by atoms with Crippen LogP contribution in [0.2, 0.25) is 10.0 Å². The molecule has 1 amide bonds. The third-order valence-corrected chi connectivity index (χ3v) is 8.11. The van der Waals surface area contributed by atoms with Gasteiger partial charge in [0.25, 0.3) is 0 Å². The van der Waals surface area contributed by atoms with Gasteiger partial charge < -0.3 is 14.8 Å². The van der Waals surface area contributed by atoms with Gasteiger partial charge in [-0.25, -0.2) is 12.7 Å². The summed E-state index contributed by atoms with van der Waals surface area (Å²) in [4.78, 5) is 12.7. The molecule has 2 heterocycles. The van der Waals surface area contributed by atoms with Gasteiger partial charge >= 0.3 is 0 Å². The average molecular weight is 499 g/mol. The standard InChI is InChI=1S/C22H24Cl2N2O5S/c23-18-8-7-15(10-19(18)24)14-32(28,29)26-9-3-4-16(12-26)22(27)25-11-17-13-30-20-5-1-2-6-21(20)31-17/h1-2,5-8,10,16-17H,3-4,9,11-14H2,(H,25,27)/t16-,17+/m1/s1. The number of amides is 1. The van der Waals surface area contributed by atoms with Crippen LogP contribution in [-0.2, 0) is 20.6 Å². The zero-order chi connectivity index (χ0) is 22.7. The molecule has 0 radical (unpaired) electrons. The molecule has 0 aliphatic carbocycles. The summed E-state index contributed by atoms with van der Waals surface area (Å²) in [7, 11) is -3.59. The predicted octanol–water partition coefficient (Wildman–Crippen LogP) is 3.49. The number of nitrogens with one attached hydrogen (secondary N) is 1. The molecule has 2 aromatic rings. The quantitative estimate of drug-likeness (QED) is 0.658. The summed E-state index contributed by atoms with van der Waals surface area (Å²) in [6.07, 6.45) is 0.955. The first kappa shape index (κ1) is 23.2. The molecule has 172 valence electrons. The third kappa shape index (κ3) is 5.49. The van der Waals surface area contributed by atoms with Crippen LogP contribution in [0.5, 0.6) is 11.5 Å². The number of benzene rings is 2. The number of piperidine rings is 1. The minimum absolute atomic E-state index is 0.153.